The van der Waals surface area contributed by atoms with Crippen molar-refractivity contribution in [3.8, 4) is 10.6 Å². The molecule has 1 aromatic carbocycles. The second-order valence-electron chi connectivity index (χ2n) is 10.8. The highest BCUT2D eigenvalue weighted by atomic mass is 32.1. The summed E-state index contributed by atoms with van der Waals surface area (Å²) in [6.07, 6.45) is 4.25. The number of aliphatic hydroxyl groups is 1. The van der Waals surface area contributed by atoms with Gasteiger partial charge in [-0.25, -0.2) is 14.4 Å². The van der Waals surface area contributed by atoms with Crippen molar-refractivity contribution in [2.45, 2.75) is 64.7 Å². The first kappa shape index (κ1) is 27.4. The van der Waals surface area contributed by atoms with E-state index >= 15 is 0 Å². The number of anilines is 2. The standard InChI is InChI=1S/C29H35FN6O2S/c1-16-24(27-35-25-17(2)31-13-12-23(25)39-27)26(34-21-11-8-19(14-21)29(3,4)37)36-28(33-16)32-15-22(38-5)18-6-9-20(30)10-7-18/h6-7,9-10,12-13,19,21-22,37H,8,11,14-15H2,1-5H3,(H2,32,33,34,36). The van der Waals surface area contributed by atoms with E-state index in [-0.39, 0.29) is 23.9 Å². The molecule has 0 aliphatic heterocycles. The zero-order chi connectivity index (χ0) is 27.7. The van der Waals surface area contributed by atoms with Crippen molar-refractivity contribution in [3.63, 3.8) is 0 Å². The Labute approximate surface area is 232 Å². The Morgan fingerprint density at radius 3 is 2.54 bits per heavy atom. The Bertz CT molecular complexity index is 1450. The van der Waals surface area contributed by atoms with Crippen LogP contribution in [-0.2, 0) is 4.74 Å². The van der Waals surface area contributed by atoms with Crippen LogP contribution in [0.1, 0.15) is 56.2 Å². The van der Waals surface area contributed by atoms with Crippen molar-refractivity contribution in [2.75, 3.05) is 24.3 Å². The molecule has 8 nitrogen and oxygen atoms in total. The monoisotopic (exact) mass is 550 g/mol. The molecule has 1 aliphatic rings. The van der Waals surface area contributed by atoms with Gasteiger partial charge in [0, 0.05) is 25.9 Å². The molecule has 39 heavy (non-hydrogen) atoms. The second-order valence-corrected chi connectivity index (χ2v) is 11.8. The molecule has 1 aliphatic carbocycles. The minimum Gasteiger partial charge on any atom is -0.390 e. The third-order valence-electron chi connectivity index (χ3n) is 7.54. The molecule has 0 bridgehead atoms. The first-order chi connectivity index (χ1) is 18.6. The van der Waals surface area contributed by atoms with Crippen LogP contribution in [0.4, 0.5) is 16.2 Å². The predicted molar refractivity (Wildman–Crippen MR) is 154 cm³/mol. The lowest BCUT2D eigenvalue weighted by molar-refractivity contribution is 0.0197. The number of hydrogen-bond donors (Lipinski definition) is 3. The third-order valence-corrected chi connectivity index (χ3v) is 8.58. The highest BCUT2D eigenvalue weighted by Gasteiger charge is 2.35. The summed E-state index contributed by atoms with van der Waals surface area (Å²) in [6.45, 7) is 8.10. The molecule has 3 atom stereocenters. The Hall–Kier alpha value is -3.21. The summed E-state index contributed by atoms with van der Waals surface area (Å²) in [5.74, 6) is 1.12. The number of halogens is 1. The van der Waals surface area contributed by atoms with Crippen molar-refractivity contribution < 1.29 is 14.2 Å². The number of fused-ring (bicyclic) bond motifs is 1. The summed E-state index contributed by atoms with van der Waals surface area (Å²) in [4.78, 5) is 19.0. The smallest absolute Gasteiger partial charge is 0.225 e. The van der Waals surface area contributed by atoms with Crippen LogP contribution in [0, 0.1) is 25.6 Å². The van der Waals surface area contributed by atoms with E-state index in [1.165, 1.54) is 12.1 Å². The van der Waals surface area contributed by atoms with Gasteiger partial charge in [-0.1, -0.05) is 12.1 Å². The van der Waals surface area contributed by atoms with Gasteiger partial charge in [-0.05, 0) is 76.6 Å². The van der Waals surface area contributed by atoms with Gasteiger partial charge in [0.05, 0.1) is 33.4 Å². The number of benzene rings is 1. The van der Waals surface area contributed by atoms with E-state index < -0.39 is 5.60 Å². The van der Waals surface area contributed by atoms with Gasteiger partial charge < -0.3 is 20.5 Å². The molecule has 3 N–H and O–H groups in total. The number of aryl methyl sites for hydroxylation is 2. The number of thiazole rings is 1. The minimum absolute atomic E-state index is 0.172. The van der Waals surface area contributed by atoms with Gasteiger partial charge in [-0.15, -0.1) is 11.3 Å². The van der Waals surface area contributed by atoms with Crippen LogP contribution in [0.15, 0.2) is 36.5 Å². The van der Waals surface area contributed by atoms with Crippen LogP contribution in [0.25, 0.3) is 20.8 Å². The fraction of sp³-hybridized carbons (Fsp3) is 0.448. The Morgan fingerprint density at radius 1 is 1.10 bits per heavy atom. The normalized spacial score (nSPS) is 18.4. The molecule has 1 fully saturated rings. The molecule has 10 heteroatoms. The number of rotatable bonds is 9. The number of nitrogens with zero attached hydrogens (tertiary/aromatic N) is 4. The SMILES string of the molecule is COC(CNc1nc(C)c(-c2nc3c(C)nccc3s2)c(NC2CCC(C(C)(C)O)C2)n1)c1ccc(F)cc1. The van der Waals surface area contributed by atoms with Gasteiger partial charge >= 0.3 is 0 Å². The van der Waals surface area contributed by atoms with Gasteiger partial charge in [0.2, 0.25) is 5.95 Å². The van der Waals surface area contributed by atoms with E-state index in [0.29, 0.717) is 18.3 Å². The maximum atomic E-state index is 13.4. The van der Waals surface area contributed by atoms with Crippen molar-refractivity contribution in [3.05, 3.63) is 59.3 Å². The molecule has 0 radical (unpaired) electrons. The molecular weight excluding hydrogens is 515 g/mol. The van der Waals surface area contributed by atoms with E-state index in [0.717, 1.165) is 57.0 Å². The van der Waals surface area contributed by atoms with Crippen LogP contribution in [0.5, 0.6) is 0 Å². The summed E-state index contributed by atoms with van der Waals surface area (Å²) in [6, 6.07) is 8.44. The van der Waals surface area contributed by atoms with Gasteiger partial charge in [-0.2, -0.15) is 4.98 Å². The largest absolute Gasteiger partial charge is 0.390 e. The second kappa shape index (κ2) is 11.1. The Balaban J connectivity index is 1.46. The summed E-state index contributed by atoms with van der Waals surface area (Å²) >= 11 is 1.60. The quantitative estimate of drug-likeness (QED) is 0.231. The van der Waals surface area contributed by atoms with E-state index in [9.17, 15) is 9.50 Å². The molecule has 0 saturated heterocycles. The van der Waals surface area contributed by atoms with E-state index in [4.69, 9.17) is 19.7 Å². The summed E-state index contributed by atoms with van der Waals surface area (Å²) in [5, 5.41) is 18.4. The maximum absolute atomic E-state index is 13.4. The van der Waals surface area contributed by atoms with Gasteiger partial charge in [0.1, 0.15) is 22.2 Å². The molecule has 3 unspecified atom stereocenters. The lowest BCUT2D eigenvalue weighted by Crippen LogP contribution is -2.30. The van der Waals surface area contributed by atoms with E-state index in [2.05, 4.69) is 15.6 Å². The average molecular weight is 551 g/mol. The first-order valence-electron chi connectivity index (χ1n) is 13.2. The summed E-state index contributed by atoms with van der Waals surface area (Å²) < 4.78 is 20.1. The summed E-state index contributed by atoms with van der Waals surface area (Å²) in [5.41, 5.74) is 3.58. The van der Waals surface area contributed by atoms with E-state index in [1.54, 1.807) is 36.8 Å². The van der Waals surface area contributed by atoms with Crippen molar-refractivity contribution in [2.24, 2.45) is 5.92 Å². The zero-order valence-electron chi connectivity index (χ0n) is 23.0. The van der Waals surface area contributed by atoms with Gasteiger partial charge in [0.25, 0.3) is 0 Å². The molecule has 206 valence electrons. The van der Waals surface area contributed by atoms with Crippen molar-refractivity contribution >= 4 is 33.3 Å². The lowest BCUT2D eigenvalue weighted by Gasteiger charge is -2.25. The number of aromatic nitrogens is 4. The Morgan fingerprint density at radius 2 is 1.87 bits per heavy atom. The first-order valence-corrected chi connectivity index (χ1v) is 14.1. The number of ether oxygens (including phenoxy) is 1. The molecule has 4 aromatic rings. The number of methoxy groups -OCH3 is 1. The van der Waals surface area contributed by atoms with Crippen LogP contribution in [0.3, 0.4) is 0 Å². The predicted octanol–water partition coefficient (Wildman–Crippen LogP) is 6.06. The Kier molecular flexibility index (Phi) is 7.80. The molecule has 1 saturated carbocycles. The van der Waals surface area contributed by atoms with Crippen LogP contribution in [-0.4, -0.2) is 50.3 Å². The highest BCUT2D eigenvalue weighted by Crippen LogP contribution is 2.40. The maximum Gasteiger partial charge on any atom is 0.225 e. The molecule has 5 rings (SSSR count). The summed E-state index contributed by atoms with van der Waals surface area (Å²) in [7, 11) is 1.63. The molecule has 3 heterocycles. The van der Waals surface area contributed by atoms with Crippen molar-refractivity contribution in [1.29, 1.82) is 0 Å². The van der Waals surface area contributed by atoms with Crippen LogP contribution < -0.4 is 10.6 Å². The lowest BCUT2D eigenvalue weighted by atomic mass is 9.89. The van der Waals surface area contributed by atoms with Crippen LogP contribution in [0.2, 0.25) is 0 Å². The van der Waals surface area contributed by atoms with Gasteiger partial charge in [-0.3, -0.25) is 4.98 Å². The van der Waals surface area contributed by atoms with Crippen LogP contribution >= 0.6 is 11.3 Å². The van der Waals surface area contributed by atoms with Crippen molar-refractivity contribution in [1.82, 2.24) is 19.9 Å². The molecule has 0 spiro atoms. The molecular formula is C29H35FN6O2S. The fourth-order valence-electron chi connectivity index (χ4n) is 5.25. The average Bonchev–Trinajstić information content (AvgIpc) is 3.53. The minimum atomic E-state index is -0.722. The zero-order valence-corrected chi connectivity index (χ0v) is 23.8. The van der Waals surface area contributed by atoms with E-state index in [1.807, 2.05) is 33.8 Å². The third kappa shape index (κ3) is 6.03. The molecule has 3 aromatic heterocycles. The topological polar surface area (TPSA) is 105 Å². The highest BCUT2D eigenvalue weighted by molar-refractivity contribution is 7.21. The number of hydrogen-bond acceptors (Lipinski definition) is 9. The number of nitrogens with one attached hydrogen (secondary N) is 2. The molecule has 0 amide bonds. The fourth-order valence-corrected chi connectivity index (χ4v) is 6.36. The number of pyridine rings is 1. The van der Waals surface area contributed by atoms with Gasteiger partial charge in [0.15, 0.2) is 0 Å².